The van der Waals surface area contributed by atoms with E-state index in [-0.39, 0.29) is 11.9 Å². The predicted molar refractivity (Wildman–Crippen MR) is 93.1 cm³/mol. The maximum absolute atomic E-state index is 9.48. The van der Waals surface area contributed by atoms with Crippen LogP contribution in [0.4, 0.5) is 0 Å². The quantitative estimate of drug-likeness (QED) is 0.439. The fourth-order valence-corrected chi connectivity index (χ4v) is 2.50. The molecule has 0 saturated carbocycles. The summed E-state index contributed by atoms with van der Waals surface area (Å²) in [4.78, 5) is 18.2. The summed E-state index contributed by atoms with van der Waals surface area (Å²) in [5.41, 5.74) is 1.21. The SMILES string of the molecule is CCCCCCNC[C@H]1CCc2ccc(O)cc2O1.O=C(O)C(=O)O. The van der Waals surface area contributed by atoms with Crippen LogP contribution in [0, 0.1) is 0 Å². The average molecular weight is 353 g/mol. The molecule has 1 aliphatic rings. The lowest BCUT2D eigenvalue weighted by molar-refractivity contribution is -0.159. The van der Waals surface area contributed by atoms with E-state index in [2.05, 4.69) is 12.2 Å². The molecule has 0 aromatic heterocycles. The van der Waals surface area contributed by atoms with Crippen molar-refractivity contribution in [2.45, 2.75) is 51.6 Å². The van der Waals surface area contributed by atoms with Crippen molar-refractivity contribution in [3.05, 3.63) is 23.8 Å². The lowest BCUT2D eigenvalue weighted by Crippen LogP contribution is -2.34. The molecule has 25 heavy (non-hydrogen) atoms. The number of benzene rings is 1. The van der Waals surface area contributed by atoms with E-state index in [0.717, 1.165) is 31.7 Å². The molecule has 1 aromatic rings. The zero-order valence-corrected chi connectivity index (χ0v) is 14.5. The highest BCUT2D eigenvalue weighted by molar-refractivity contribution is 6.27. The van der Waals surface area contributed by atoms with E-state index in [9.17, 15) is 5.11 Å². The maximum atomic E-state index is 9.48. The normalized spacial score (nSPS) is 15.3. The molecule has 0 spiro atoms. The summed E-state index contributed by atoms with van der Waals surface area (Å²) in [6, 6.07) is 5.41. The third kappa shape index (κ3) is 8.39. The fraction of sp³-hybridized carbons (Fsp3) is 0.556. The Bertz CT molecular complexity index is 548. The topological polar surface area (TPSA) is 116 Å². The fourth-order valence-electron chi connectivity index (χ4n) is 2.50. The Morgan fingerprint density at radius 1 is 1.20 bits per heavy atom. The summed E-state index contributed by atoms with van der Waals surface area (Å²) in [7, 11) is 0. The standard InChI is InChI=1S/C16H25NO2.C2H2O4/c1-2-3-4-5-10-17-12-15-9-7-13-6-8-14(18)11-16(13)19-15;3-1(4)2(5)6/h6,8,11,15,17-18H,2-5,7,9-10,12H2,1H3;(H,3,4)(H,5,6)/t15-;/m1./s1. The van der Waals surface area contributed by atoms with Gasteiger partial charge >= 0.3 is 11.9 Å². The highest BCUT2D eigenvalue weighted by Gasteiger charge is 2.19. The van der Waals surface area contributed by atoms with Crippen LogP contribution in [0.25, 0.3) is 0 Å². The summed E-state index contributed by atoms with van der Waals surface area (Å²) >= 11 is 0. The molecule has 0 amide bonds. The lowest BCUT2D eigenvalue weighted by atomic mass is 10.0. The molecular formula is C18H27NO6. The van der Waals surface area contributed by atoms with Gasteiger partial charge in [-0.25, -0.2) is 9.59 Å². The number of unbranched alkanes of at least 4 members (excludes halogenated alkanes) is 3. The zero-order chi connectivity index (χ0) is 18.7. The monoisotopic (exact) mass is 353 g/mol. The van der Waals surface area contributed by atoms with E-state index in [1.165, 1.54) is 31.2 Å². The van der Waals surface area contributed by atoms with Crippen LogP contribution in [0.2, 0.25) is 0 Å². The number of aryl methyl sites for hydroxylation is 1. The highest BCUT2D eigenvalue weighted by Crippen LogP contribution is 2.30. The number of ether oxygens (including phenoxy) is 1. The minimum absolute atomic E-state index is 0.237. The minimum atomic E-state index is -1.82. The predicted octanol–water partition coefficient (Wildman–Crippen LogP) is 2.41. The smallest absolute Gasteiger partial charge is 0.414 e. The highest BCUT2D eigenvalue weighted by atomic mass is 16.5. The average Bonchev–Trinajstić information content (AvgIpc) is 2.58. The van der Waals surface area contributed by atoms with Crippen LogP contribution in [0.5, 0.6) is 11.5 Å². The molecule has 0 saturated heterocycles. The van der Waals surface area contributed by atoms with Crippen LogP contribution in [0.3, 0.4) is 0 Å². The van der Waals surface area contributed by atoms with Gasteiger partial charge in [0.2, 0.25) is 0 Å². The van der Waals surface area contributed by atoms with E-state index in [1.807, 2.05) is 6.07 Å². The van der Waals surface area contributed by atoms with Crippen LogP contribution in [-0.2, 0) is 16.0 Å². The first-order valence-corrected chi connectivity index (χ1v) is 8.59. The summed E-state index contributed by atoms with van der Waals surface area (Å²) in [6.45, 7) is 4.21. The van der Waals surface area contributed by atoms with Gasteiger partial charge in [-0.1, -0.05) is 32.3 Å². The molecule has 2 rings (SSSR count). The molecule has 7 heteroatoms. The van der Waals surface area contributed by atoms with Gasteiger partial charge in [0.05, 0.1) is 0 Å². The van der Waals surface area contributed by atoms with Gasteiger partial charge in [-0.15, -0.1) is 0 Å². The van der Waals surface area contributed by atoms with Gasteiger partial charge in [0.15, 0.2) is 0 Å². The number of carboxylic acids is 2. The van der Waals surface area contributed by atoms with Crippen molar-refractivity contribution in [3.63, 3.8) is 0 Å². The molecule has 4 N–H and O–H groups in total. The summed E-state index contributed by atoms with van der Waals surface area (Å²) in [6.07, 6.45) is 7.50. The van der Waals surface area contributed by atoms with Gasteiger partial charge in [-0.2, -0.15) is 0 Å². The Labute approximate surface area is 147 Å². The van der Waals surface area contributed by atoms with Gasteiger partial charge in [0, 0.05) is 12.6 Å². The third-order valence-electron chi connectivity index (χ3n) is 3.84. The van der Waals surface area contributed by atoms with Crippen LogP contribution in [-0.4, -0.2) is 46.5 Å². The van der Waals surface area contributed by atoms with E-state index in [1.54, 1.807) is 12.1 Å². The Kier molecular flexibility index (Phi) is 9.39. The number of nitrogens with one attached hydrogen (secondary N) is 1. The van der Waals surface area contributed by atoms with Crippen molar-refractivity contribution < 1.29 is 29.6 Å². The molecule has 1 aliphatic heterocycles. The summed E-state index contributed by atoms with van der Waals surface area (Å²) < 4.78 is 5.92. The van der Waals surface area contributed by atoms with Crippen molar-refractivity contribution >= 4 is 11.9 Å². The number of hydrogen-bond acceptors (Lipinski definition) is 5. The molecule has 1 heterocycles. The number of phenols is 1. The molecule has 0 fully saturated rings. The molecule has 0 bridgehead atoms. The van der Waals surface area contributed by atoms with E-state index in [0.29, 0.717) is 0 Å². The Balaban J connectivity index is 0.000000450. The molecule has 140 valence electrons. The summed E-state index contributed by atoms with van der Waals surface area (Å²) in [5.74, 6) is -2.51. The number of carboxylic acid groups (broad SMARTS) is 2. The second kappa shape index (κ2) is 11.3. The van der Waals surface area contributed by atoms with Crippen molar-refractivity contribution in [3.8, 4) is 11.5 Å². The Morgan fingerprint density at radius 3 is 2.56 bits per heavy atom. The molecule has 1 atom stereocenters. The van der Waals surface area contributed by atoms with Crippen LogP contribution in [0.1, 0.15) is 44.6 Å². The van der Waals surface area contributed by atoms with Crippen molar-refractivity contribution in [1.29, 1.82) is 0 Å². The number of aromatic hydroxyl groups is 1. The van der Waals surface area contributed by atoms with Crippen molar-refractivity contribution in [1.82, 2.24) is 5.32 Å². The van der Waals surface area contributed by atoms with Gasteiger partial charge in [0.1, 0.15) is 17.6 Å². The number of fused-ring (bicyclic) bond motifs is 1. The first kappa shape index (κ1) is 20.8. The molecule has 0 aliphatic carbocycles. The maximum Gasteiger partial charge on any atom is 0.414 e. The van der Waals surface area contributed by atoms with Crippen molar-refractivity contribution in [2.75, 3.05) is 13.1 Å². The Hall–Kier alpha value is -2.28. The first-order chi connectivity index (χ1) is 11.9. The van der Waals surface area contributed by atoms with Gasteiger partial charge in [0.25, 0.3) is 0 Å². The lowest BCUT2D eigenvalue weighted by Gasteiger charge is -2.26. The number of hydrogen-bond donors (Lipinski definition) is 4. The number of rotatable bonds is 7. The van der Waals surface area contributed by atoms with Gasteiger partial charge < -0.3 is 25.4 Å². The van der Waals surface area contributed by atoms with E-state index in [4.69, 9.17) is 24.5 Å². The summed E-state index contributed by atoms with van der Waals surface area (Å²) in [5, 5.41) is 27.7. The van der Waals surface area contributed by atoms with Crippen molar-refractivity contribution in [2.24, 2.45) is 0 Å². The van der Waals surface area contributed by atoms with Crippen LogP contribution in [0.15, 0.2) is 18.2 Å². The second-order valence-corrected chi connectivity index (χ2v) is 5.95. The molecule has 7 nitrogen and oxygen atoms in total. The number of aliphatic carboxylic acids is 2. The van der Waals surface area contributed by atoms with E-state index >= 15 is 0 Å². The zero-order valence-electron chi connectivity index (χ0n) is 14.5. The largest absolute Gasteiger partial charge is 0.508 e. The number of carbonyl (C=O) groups is 2. The third-order valence-corrected chi connectivity index (χ3v) is 3.84. The Morgan fingerprint density at radius 2 is 1.92 bits per heavy atom. The van der Waals surface area contributed by atoms with Gasteiger partial charge in [-0.3, -0.25) is 0 Å². The molecule has 1 aromatic carbocycles. The molecule has 0 radical (unpaired) electrons. The van der Waals surface area contributed by atoms with Crippen LogP contribution < -0.4 is 10.1 Å². The van der Waals surface area contributed by atoms with E-state index < -0.39 is 11.9 Å². The second-order valence-electron chi connectivity index (χ2n) is 5.95. The molecular weight excluding hydrogens is 326 g/mol. The van der Waals surface area contributed by atoms with Crippen LogP contribution >= 0.6 is 0 Å². The van der Waals surface area contributed by atoms with Gasteiger partial charge in [-0.05, 0) is 37.4 Å². The first-order valence-electron chi connectivity index (χ1n) is 8.59. The number of phenolic OH excluding ortho intramolecular Hbond substituents is 1. The molecule has 0 unspecified atom stereocenters. The minimum Gasteiger partial charge on any atom is -0.508 e.